The van der Waals surface area contributed by atoms with Gasteiger partial charge in [-0.25, -0.2) is 4.39 Å². The number of nitrogens with two attached hydrogens (primary N) is 1. The maximum atomic E-state index is 11.9. The molecule has 0 radical (unpaired) electrons. The van der Waals surface area contributed by atoms with Gasteiger partial charge < -0.3 is 15.6 Å². The molecule has 0 aromatic carbocycles. The monoisotopic (exact) mass is 207 g/mol. The summed E-state index contributed by atoms with van der Waals surface area (Å²) in [5, 5.41) is 8.97. The van der Waals surface area contributed by atoms with Crippen molar-refractivity contribution in [2.45, 2.75) is 44.9 Å². The zero-order chi connectivity index (χ0) is 11.4. The van der Waals surface area contributed by atoms with E-state index in [-0.39, 0.29) is 6.42 Å². The van der Waals surface area contributed by atoms with Crippen molar-refractivity contribution >= 4 is 5.97 Å². The molecule has 5 heteroatoms. The zero-order valence-electron chi connectivity index (χ0n) is 8.79. The normalized spacial score (nSPS) is 16.1. The van der Waals surface area contributed by atoms with E-state index < -0.39 is 30.4 Å². The number of aliphatic hydroxyl groups is 1. The number of alkyl halides is 1. The first-order valence-electron chi connectivity index (χ1n) is 4.47. The number of halogens is 1. The quantitative estimate of drug-likeness (QED) is 0.653. The van der Waals surface area contributed by atoms with E-state index in [4.69, 9.17) is 15.6 Å². The van der Waals surface area contributed by atoms with Gasteiger partial charge in [0.15, 0.2) is 0 Å². The van der Waals surface area contributed by atoms with Crippen LogP contribution in [0.25, 0.3) is 0 Å². The summed E-state index contributed by atoms with van der Waals surface area (Å²) < 4.78 is 16.9. The van der Waals surface area contributed by atoms with E-state index in [2.05, 4.69) is 0 Å². The molecule has 1 unspecified atom stereocenters. The number of carbonyl (C=O) groups is 1. The van der Waals surface area contributed by atoms with Crippen LogP contribution in [0.4, 0.5) is 4.39 Å². The van der Waals surface area contributed by atoms with Crippen molar-refractivity contribution in [3.05, 3.63) is 0 Å². The Balaban J connectivity index is 3.95. The Bertz CT molecular complexity index is 191. The molecule has 0 spiro atoms. The number of carbonyl (C=O) groups excluding carboxylic acids is 1. The average molecular weight is 207 g/mol. The SMILES string of the molecule is CC(C)(C)OC(=O)C[C@H](N)C(O)CF. The lowest BCUT2D eigenvalue weighted by Gasteiger charge is -2.21. The van der Waals surface area contributed by atoms with Crippen molar-refractivity contribution in [3.63, 3.8) is 0 Å². The Hall–Kier alpha value is -0.680. The summed E-state index contributed by atoms with van der Waals surface area (Å²) in [6.45, 7) is 4.22. The highest BCUT2D eigenvalue weighted by atomic mass is 19.1. The molecule has 0 aliphatic rings. The molecule has 0 rings (SSSR count). The summed E-state index contributed by atoms with van der Waals surface area (Å²) in [7, 11) is 0. The lowest BCUT2D eigenvalue weighted by molar-refractivity contribution is -0.155. The predicted octanol–water partition coefficient (Wildman–Crippen LogP) is 0.376. The van der Waals surface area contributed by atoms with E-state index in [1.54, 1.807) is 20.8 Å². The number of hydrogen-bond acceptors (Lipinski definition) is 4. The lowest BCUT2D eigenvalue weighted by atomic mass is 10.1. The van der Waals surface area contributed by atoms with Gasteiger partial charge in [0.25, 0.3) is 0 Å². The first-order chi connectivity index (χ1) is 6.26. The molecule has 0 aromatic rings. The van der Waals surface area contributed by atoms with Gasteiger partial charge in [-0.2, -0.15) is 0 Å². The van der Waals surface area contributed by atoms with Crippen LogP contribution in [0.3, 0.4) is 0 Å². The maximum absolute atomic E-state index is 11.9. The largest absolute Gasteiger partial charge is 0.460 e. The van der Waals surface area contributed by atoms with Crippen molar-refractivity contribution < 1.29 is 19.0 Å². The summed E-state index contributed by atoms with van der Waals surface area (Å²) in [5.41, 5.74) is 4.77. The molecule has 14 heavy (non-hydrogen) atoms. The number of rotatable bonds is 4. The standard InChI is InChI=1S/C9H18FNO3/c1-9(2,3)14-8(13)4-6(11)7(12)5-10/h6-7,12H,4-5,11H2,1-3H3/t6-,7?/m0/s1. The van der Waals surface area contributed by atoms with Gasteiger partial charge in [-0.3, -0.25) is 4.79 Å². The minimum absolute atomic E-state index is 0.178. The molecule has 0 aromatic heterocycles. The summed E-state index contributed by atoms with van der Waals surface area (Å²) in [6, 6.07) is -0.908. The van der Waals surface area contributed by atoms with Crippen LogP contribution in [0.5, 0.6) is 0 Å². The summed E-state index contributed by atoms with van der Waals surface area (Å²) in [4.78, 5) is 11.2. The third-order valence-corrected chi connectivity index (χ3v) is 1.47. The van der Waals surface area contributed by atoms with Crippen molar-refractivity contribution in [2.75, 3.05) is 6.67 Å². The molecule has 2 atom stereocenters. The van der Waals surface area contributed by atoms with E-state index in [9.17, 15) is 9.18 Å². The van der Waals surface area contributed by atoms with Crippen LogP contribution in [-0.4, -0.2) is 35.5 Å². The third kappa shape index (κ3) is 5.88. The van der Waals surface area contributed by atoms with Gasteiger partial charge in [-0.1, -0.05) is 0 Å². The smallest absolute Gasteiger partial charge is 0.307 e. The second kappa shape index (κ2) is 5.26. The molecule has 0 aliphatic heterocycles. The van der Waals surface area contributed by atoms with E-state index >= 15 is 0 Å². The topological polar surface area (TPSA) is 72.5 Å². The summed E-state index contributed by atoms with van der Waals surface area (Å²) in [6.07, 6.45) is -1.48. The minimum atomic E-state index is -1.30. The highest BCUT2D eigenvalue weighted by Gasteiger charge is 2.22. The second-order valence-corrected chi connectivity index (χ2v) is 4.18. The Labute approximate surface area is 83.2 Å². The first kappa shape index (κ1) is 13.3. The van der Waals surface area contributed by atoms with Gasteiger partial charge in [0.05, 0.1) is 12.5 Å². The van der Waals surface area contributed by atoms with Crippen molar-refractivity contribution in [1.29, 1.82) is 0 Å². The fraction of sp³-hybridized carbons (Fsp3) is 0.889. The zero-order valence-corrected chi connectivity index (χ0v) is 8.79. The molecule has 4 nitrogen and oxygen atoms in total. The number of ether oxygens (including phenoxy) is 1. The molecule has 0 amide bonds. The van der Waals surface area contributed by atoms with E-state index in [1.165, 1.54) is 0 Å². The average Bonchev–Trinajstić information content (AvgIpc) is 1.99. The fourth-order valence-electron chi connectivity index (χ4n) is 0.826. The van der Waals surface area contributed by atoms with E-state index in [1.807, 2.05) is 0 Å². The fourth-order valence-corrected chi connectivity index (χ4v) is 0.826. The lowest BCUT2D eigenvalue weighted by Crippen LogP contribution is -2.39. The minimum Gasteiger partial charge on any atom is -0.460 e. The van der Waals surface area contributed by atoms with Crippen molar-refractivity contribution in [3.8, 4) is 0 Å². The van der Waals surface area contributed by atoms with Crippen LogP contribution >= 0.6 is 0 Å². The summed E-state index contributed by atoms with van der Waals surface area (Å²) >= 11 is 0. The molecular weight excluding hydrogens is 189 g/mol. The van der Waals surface area contributed by atoms with Crippen LogP contribution in [0.1, 0.15) is 27.2 Å². The Morgan fingerprint density at radius 3 is 2.43 bits per heavy atom. The van der Waals surface area contributed by atoms with E-state index in [0.717, 1.165) is 0 Å². The maximum Gasteiger partial charge on any atom is 0.307 e. The molecule has 3 N–H and O–H groups in total. The molecule has 0 bridgehead atoms. The van der Waals surface area contributed by atoms with Gasteiger partial charge in [-0.05, 0) is 20.8 Å². The van der Waals surface area contributed by atoms with Crippen LogP contribution in [0.2, 0.25) is 0 Å². The van der Waals surface area contributed by atoms with Crippen LogP contribution in [-0.2, 0) is 9.53 Å². The molecule has 0 saturated heterocycles. The number of esters is 1. The highest BCUT2D eigenvalue weighted by molar-refractivity contribution is 5.70. The van der Waals surface area contributed by atoms with Crippen molar-refractivity contribution in [2.24, 2.45) is 5.73 Å². The molecule has 0 fully saturated rings. The predicted molar refractivity (Wildman–Crippen MR) is 50.4 cm³/mol. The molecule has 84 valence electrons. The number of hydrogen-bond donors (Lipinski definition) is 2. The number of aliphatic hydroxyl groups excluding tert-OH is 1. The second-order valence-electron chi connectivity index (χ2n) is 4.18. The van der Waals surface area contributed by atoms with E-state index in [0.29, 0.717) is 0 Å². The van der Waals surface area contributed by atoms with Crippen LogP contribution in [0, 0.1) is 0 Å². The Kier molecular flexibility index (Phi) is 5.01. The first-order valence-corrected chi connectivity index (χ1v) is 4.47. The Morgan fingerprint density at radius 1 is 1.57 bits per heavy atom. The Morgan fingerprint density at radius 2 is 2.07 bits per heavy atom. The third-order valence-electron chi connectivity index (χ3n) is 1.47. The molecule has 0 saturated carbocycles. The van der Waals surface area contributed by atoms with Crippen LogP contribution < -0.4 is 5.73 Å². The van der Waals surface area contributed by atoms with Gasteiger partial charge in [0.2, 0.25) is 0 Å². The van der Waals surface area contributed by atoms with Gasteiger partial charge in [0.1, 0.15) is 12.3 Å². The highest BCUT2D eigenvalue weighted by Crippen LogP contribution is 2.09. The van der Waals surface area contributed by atoms with Gasteiger partial charge in [0, 0.05) is 6.04 Å². The molecular formula is C9H18FNO3. The molecule has 0 heterocycles. The van der Waals surface area contributed by atoms with Crippen molar-refractivity contribution in [1.82, 2.24) is 0 Å². The molecule has 0 aliphatic carbocycles. The van der Waals surface area contributed by atoms with Gasteiger partial charge >= 0.3 is 5.97 Å². The summed E-state index contributed by atoms with van der Waals surface area (Å²) in [5.74, 6) is -0.530. The van der Waals surface area contributed by atoms with Crippen LogP contribution in [0.15, 0.2) is 0 Å². The van der Waals surface area contributed by atoms with Gasteiger partial charge in [-0.15, -0.1) is 0 Å².